The summed E-state index contributed by atoms with van der Waals surface area (Å²) in [5.41, 5.74) is 3.87. The van der Waals surface area contributed by atoms with Crippen LogP contribution < -0.4 is 10.2 Å². The van der Waals surface area contributed by atoms with Crippen molar-refractivity contribution in [1.82, 2.24) is 5.43 Å². The molecule has 0 heterocycles. The quantitative estimate of drug-likeness (QED) is 0.0656. The number of hydrogen-bond acceptors (Lipinski definition) is 4. The highest BCUT2D eigenvalue weighted by molar-refractivity contribution is 9.10. The van der Waals surface area contributed by atoms with Gasteiger partial charge < -0.3 is 4.74 Å². The molecule has 2 aromatic carbocycles. The molecule has 0 spiro atoms. The van der Waals surface area contributed by atoms with Crippen molar-refractivity contribution in [3.05, 3.63) is 64.1 Å². The number of hydrogen-bond donors (Lipinski definition) is 1. The molecule has 0 radical (unpaired) electrons. The van der Waals surface area contributed by atoms with Gasteiger partial charge in [0.2, 0.25) is 5.91 Å². The number of ether oxygens (including phenoxy) is 1. The Hall–Kier alpha value is -2.47. The van der Waals surface area contributed by atoms with Crippen LogP contribution in [-0.4, -0.2) is 18.1 Å². The molecule has 6 heteroatoms. The van der Waals surface area contributed by atoms with Crippen LogP contribution in [0.25, 0.3) is 0 Å². The molecule has 2 aromatic rings. The third kappa shape index (κ3) is 13.6. The highest BCUT2D eigenvalue weighted by Gasteiger charge is 2.08. The maximum Gasteiger partial charge on any atom is 0.343 e. The van der Waals surface area contributed by atoms with Gasteiger partial charge >= 0.3 is 5.97 Å². The van der Waals surface area contributed by atoms with E-state index in [9.17, 15) is 9.59 Å². The van der Waals surface area contributed by atoms with Crippen molar-refractivity contribution >= 4 is 34.0 Å². The average molecular weight is 558 g/mol. The summed E-state index contributed by atoms with van der Waals surface area (Å²) in [5.74, 6) is -0.0318. The molecule has 196 valence electrons. The van der Waals surface area contributed by atoms with Gasteiger partial charge in [0, 0.05) is 10.9 Å². The first-order valence-electron chi connectivity index (χ1n) is 13.5. The number of nitrogens with zero attached hydrogens (tertiary/aromatic N) is 1. The lowest BCUT2D eigenvalue weighted by molar-refractivity contribution is -0.121. The monoisotopic (exact) mass is 556 g/mol. The SMILES string of the molecule is CCCCCCCCCCCCCCCC(=O)N/N=C\c1ccc(OC(=O)c2cccc(Br)c2)cc1. The zero-order valence-electron chi connectivity index (χ0n) is 21.6. The van der Waals surface area contributed by atoms with Crippen molar-refractivity contribution in [1.29, 1.82) is 0 Å². The Morgan fingerprint density at radius 2 is 1.42 bits per heavy atom. The number of carbonyl (C=O) groups excluding carboxylic acids is 2. The molecule has 1 N–H and O–H groups in total. The van der Waals surface area contributed by atoms with Gasteiger partial charge in [-0.3, -0.25) is 4.79 Å². The van der Waals surface area contributed by atoms with Crippen LogP contribution in [0, 0.1) is 0 Å². The van der Waals surface area contributed by atoms with Crippen LogP contribution >= 0.6 is 15.9 Å². The van der Waals surface area contributed by atoms with Gasteiger partial charge in [-0.05, 0) is 54.4 Å². The van der Waals surface area contributed by atoms with E-state index in [1.54, 1.807) is 48.7 Å². The number of hydrazone groups is 1. The molecule has 2 rings (SSSR count). The maximum atomic E-state index is 12.2. The first-order chi connectivity index (χ1) is 17.6. The molecular formula is C30H41BrN2O3. The summed E-state index contributed by atoms with van der Waals surface area (Å²) in [6, 6.07) is 14.0. The second kappa shape index (κ2) is 18.8. The van der Waals surface area contributed by atoms with Crippen LogP contribution in [0.2, 0.25) is 0 Å². The number of nitrogens with one attached hydrogen (secondary N) is 1. The van der Waals surface area contributed by atoms with E-state index in [-0.39, 0.29) is 5.91 Å². The molecule has 1 amide bonds. The van der Waals surface area contributed by atoms with Gasteiger partial charge in [0.25, 0.3) is 0 Å². The first-order valence-corrected chi connectivity index (χ1v) is 14.3. The fourth-order valence-electron chi connectivity index (χ4n) is 3.94. The number of esters is 1. The maximum absolute atomic E-state index is 12.2. The van der Waals surface area contributed by atoms with Crippen molar-refractivity contribution in [2.45, 2.75) is 96.8 Å². The molecule has 0 aliphatic rings. The molecule has 0 atom stereocenters. The van der Waals surface area contributed by atoms with Crippen molar-refractivity contribution in [2.24, 2.45) is 5.10 Å². The van der Waals surface area contributed by atoms with Gasteiger partial charge in [0.05, 0.1) is 11.8 Å². The lowest BCUT2D eigenvalue weighted by atomic mass is 10.0. The van der Waals surface area contributed by atoms with Crippen molar-refractivity contribution in [2.75, 3.05) is 0 Å². The summed E-state index contributed by atoms with van der Waals surface area (Å²) in [7, 11) is 0. The third-order valence-corrected chi connectivity index (χ3v) is 6.55. The van der Waals surface area contributed by atoms with Gasteiger partial charge in [0.15, 0.2) is 0 Å². The van der Waals surface area contributed by atoms with Crippen LogP contribution in [0.1, 0.15) is 113 Å². The highest BCUT2D eigenvalue weighted by atomic mass is 79.9. The van der Waals surface area contributed by atoms with Crippen LogP contribution in [0.4, 0.5) is 0 Å². The molecule has 0 unspecified atom stereocenters. The van der Waals surface area contributed by atoms with Crippen molar-refractivity contribution in [3.63, 3.8) is 0 Å². The summed E-state index contributed by atoms with van der Waals surface area (Å²) in [6.07, 6.45) is 18.8. The fraction of sp³-hybridized carbons (Fsp3) is 0.500. The first kappa shape index (κ1) is 29.8. The minimum absolute atomic E-state index is 0.0612. The molecule has 5 nitrogen and oxygen atoms in total. The molecule has 0 saturated carbocycles. The van der Waals surface area contributed by atoms with Gasteiger partial charge in [-0.15, -0.1) is 0 Å². The zero-order valence-corrected chi connectivity index (χ0v) is 23.2. The van der Waals surface area contributed by atoms with Crippen LogP contribution in [0.15, 0.2) is 58.1 Å². The largest absolute Gasteiger partial charge is 0.423 e. The standard InChI is InChI=1S/C30H41BrN2O3/c1-2-3-4-5-6-7-8-9-10-11-12-13-14-18-29(34)33-32-24-25-19-21-28(22-20-25)36-30(35)26-16-15-17-27(31)23-26/h15-17,19-24H,2-14,18H2,1H3,(H,33,34)/b32-24-. The summed E-state index contributed by atoms with van der Waals surface area (Å²) < 4.78 is 6.21. The van der Waals surface area contributed by atoms with Crippen LogP contribution in [0.3, 0.4) is 0 Å². The van der Waals surface area contributed by atoms with Crippen LogP contribution in [0.5, 0.6) is 5.75 Å². The Bertz CT molecular complexity index is 928. The molecule has 0 bridgehead atoms. The average Bonchev–Trinajstić information content (AvgIpc) is 2.88. The van der Waals surface area contributed by atoms with Crippen molar-refractivity contribution in [3.8, 4) is 5.75 Å². The van der Waals surface area contributed by atoms with E-state index < -0.39 is 5.97 Å². The number of amides is 1. The van der Waals surface area contributed by atoms with Gasteiger partial charge in [-0.1, -0.05) is 106 Å². The van der Waals surface area contributed by atoms with E-state index in [0.29, 0.717) is 17.7 Å². The number of carbonyl (C=O) groups is 2. The Morgan fingerprint density at radius 1 is 0.833 bits per heavy atom. The highest BCUT2D eigenvalue weighted by Crippen LogP contribution is 2.17. The number of unbranched alkanes of at least 4 members (excludes halogenated alkanes) is 12. The summed E-state index contributed by atoms with van der Waals surface area (Å²) in [5, 5.41) is 4.03. The molecule has 0 aliphatic carbocycles. The molecule has 0 aromatic heterocycles. The topological polar surface area (TPSA) is 67.8 Å². The van der Waals surface area contributed by atoms with Crippen LogP contribution in [-0.2, 0) is 4.79 Å². The van der Waals surface area contributed by atoms with E-state index in [1.807, 2.05) is 6.07 Å². The predicted octanol–water partition coefficient (Wildman–Crippen LogP) is 8.60. The fourth-order valence-corrected chi connectivity index (χ4v) is 4.34. The third-order valence-electron chi connectivity index (χ3n) is 6.06. The molecule has 0 aliphatic heterocycles. The normalized spacial score (nSPS) is 11.1. The lowest BCUT2D eigenvalue weighted by Gasteiger charge is -2.05. The van der Waals surface area contributed by atoms with Crippen molar-refractivity contribution < 1.29 is 14.3 Å². The van der Waals surface area contributed by atoms with E-state index in [0.717, 1.165) is 22.9 Å². The summed E-state index contributed by atoms with van der Waals surface area (Å²) in [4.78, 5) is 24.2. The lowest BCUT2D eigenvalue weighted by Crippen LogP contribution is -2.16. The Labute approximate surface area is 225 Å². The zero-order chi connectivity index (χ0) is 25.8. The molecule has 0 fully saturated rings. The van der Waals surface area contributed by atoms with E-state index >= 15 is 0 Å². The number of halogens is 1. The Kier molecular flexibility index (Phi) is 15.5. The minimum Gasteiger partial charge on any atom is -0.423 e. The Balaban J connectivity index is 1.51. The van der Waals surface area contributed by atoms with Gasteiger partial charge in [-0.2, -0.15) is 5.10 Å². The summed E-state index contributed by atoms with van der Waals surface area (Å²) in [6.45, 7) is 2.26. The number of rotatable bonds is 18. The molecule has 0 saturated heterocycles. The number of benzene rings is 2. The van der Waals surface area contributed by atoms with E-state index in [2.05, 4.69) is 33.4 Å². The van der Waals surface area contributed by atoms with E-state index in [4.69, 9.17) is 4.74 Å². The predicted molar refractivity (Wildman–Crippen MR) is 152 cm³/mol. The summed E-state index contributed by atoms with van der Waals surface area (Å²) >= 11 is 3.35. The smallest absolute Gasteiger partial charge is 0.343 e. The second-order valence-electron chi connectivity index (χ2n) is 9.25. The molecule has 36 heavy (non-hydrogen) atoms. The minimum atomic E-state index is -0.418. The molecular weight excluding hydrogens is 516 g/mol. The van der Waals surface area contributed by atoms with Gasteiger partial charge in [-0.25, -0.2) is 10.2 Å². The van der Waals surface area contributed by atoms with E-state index in [1.165, 1.54) is 70.6 Å². The Morgan fingerprint density at radius 3 is 2.00 bits per heavy atom. The second-order valence-corrected chi connectivity index (χ2v) is 10.2. The van der Waals surface area contributed by atoms with Gasteiger partial charge in [0.1, 0.15) is 5.75 Å².